The molecule has 0 spiro atoms. The molecule has 0 aromatic heterocycles. The van der Waals surface area contributed by atoms with Crippen molar-refractivity contribution in [3.05, 3.63) is 0 Å². The van der Waals surface area contributed by atoms with Crippen LogP contribution in [0.2, 0.25) is 0 Å². The highest BCUT2D eigenvalue weighted by Gasteiger charge is 2.35. The highest BCUT2D eigenvalue weighted by atomic mass is 32.1. The van der Waals surface area contributed by atoms with Crippen LogP contribution in [-0.4, -0.2) is 42.9 Å². The molecule has 1 aliphatic rings. The maximum absolute atomic E-state index is 9.66. The Morgan fingerprint density at radius 2 is 1.58 bits per heavy atom. The summed E-state index contributed by atoms with van der Waals surface area (Å²) in [5.41, 5.74) is 0. The molecule has 0 bridgehead atoms. The summed E-state index contributed by atoms with van der Waals surface area (Å²) in [5.74, 6) is 0. The van der Waals surface area contributed by atoms with E-state index in [-0.39, 0.29) is 17.5 Å². The molecule has 2 atom stereocenters. The molecule has 0 saturated heterocycles. The molecule has 72 valence electrons. The van der Waals surface area contributed by atoms with E-state index in [1.165, 1.54) is 0 Å². The molecule has 1 fully saturated rings. The molecule has 0 radical (unpaired) electrons. The molecule has 1 saturated carbocycles. The fourth-order valence-corrected chi connectivity index (χ4v) is 2.04. The lowest BCUT2D eigenvalue weighted by Crippen LogP contribution is -2.46. The Morgan fingerprint density at radius 3 is 1.92 bits per heavy atom. The average molecular weight is 192 g/mol. The van der Waals surface area contributed by atoms with E-state index in [1.54, 1.807) is 14.2 Å². The van der Waals surface area contributed by atoms with Crippen LogP contribution in [0, 0.1) is 0 Å². The van der Waals surface area contributed by atoms with Gasteiger partial charge in [-0.3, -0.25) is 0 Å². The number of hydrogen-bond acceptors (Lipinski definition) is 4. The third kappa shape index (κ3) is 2.13. The van der Waals surface area contributed by atoms with Crippen molar-refractivity contribution in [1.29, 1.82) is 0 Å². The summed E-state index contributed by atoms with van der Waals surface area (Å²) in [5, 5.41) is 9.93. The molecular weight excluding hydrogens is 176 g/mol. The number of aliphatic hydroxyl groups excluding tert-OH is 1. The van der Waals surface area contributed by atoms with Crippen molar-refractivity contribution in [2.24, 2.45) is 0 Å². The number of thiol groups is 1. The van der Waals surface area contributed by atoms with Crippen molar-refractivity contribution in [1.82, 2.24) is 0 Å². The molecule has 1 N–H and O–H groups in total. The van der Waals surface area contributed by atoms with Gasteiger partial charge in [0, 0.05) is 19.5 Å². The Labute approximate surface area is 78.5 Å². The van der Waals surface area contributed by atoms with Crippen molar-refractivity contribution in [3.8, 4) is 0 Å². The highest BCUT2D eigenvalue weighted by molar-refractivity contribution is 7.80. The van der Waals surface area contributed by atoms with Crippen LogP contribution in [0.5, 0.6) is 0 Å². The fourth-order valence-electron chi connectivity index (χ4n) is 1.62. The summed E-state index contributed by atoms with van der Waals surface area (Å²) in [6, 6.07) is 0. The van der Waals surface area contributed by atoms with Gasteiger partial charge in [0.15, 0.2) is 0 Å². The van der Waals surface area contributed by atoms with E-state index in [1.807, 2.05) is 0 Å². The van der Waals surface area contributed by atoms with Gasteiger partial charge in [-0.25, -0.2) is 0 Å². The number of hydrogen-bond donors (Lipinski definition) is 2. The molecule has 2 unspecified atom stereocenters. The fraction of sp³-hybridized carbons (Fsp3) is 1.00. The molecule has 1 rings (SSSR count). The Balaban J connectivity index is 2.55. The SMILES string of the molecule is COC1CC(S)CC(OC)C1O. The van der Waals surface area contributed by atoms with Crippen LogP contribution in [0.25, 0.3) is 0 Å². The molecule has 0 aromatic rings. The minimum Gasteiger partial charge on any atom is -0.388 e. The van der Waals surface area contributed by atoms with Crippen LogP contribution < -0.4 is 0 Å². The van der Waals surface area contributed by atoms with Crippen LogP contribution in [-0.2, 0) is 9.47 Å². The third-order valence-corrected chi connectivity index (χ3v) is 2.80. The van der Waals surface area contributed by atoms with E-state index in [4.69, 9.17) is 9.47 Å². The van der Waals surface area contributed by atoms with Crippen molar-refractivity contribution in [2.75, 3.05) is 14.2 Å². The standard InChI is InChI=1S/C8H16O3S/c1-10-6-3-5(12)4-7(11-2)8(6)9/h5-9,12H,3-4H2,1-2H3. The zero-order valence-corrected chi connectivity index (χ0v) is 8.33. The van der Waals surface area contributed by atoms with Crippen LogP contribution in [0.1, 0.15) is 12.8 Å². The average Bonchev–Trinajstić information content (AvgIpc) is 2.08. The van der Waals surface area contributed by atoms with Gasteiger partial charge in [-0.2, -0.15) is 12.6 Å². The van der Waals surface area contributed by atoms with E-state index in [0.29, 0.717) is 0 Å². The molecule has 1 aliphatic carbocycles. The minimum atomic E-state index is -0.511. The maximum Gasteiger partial charge on any atom is 0.106 e. The molecule has 0 heterocycles. The summed E-state index contributed by atoms with van der Waals surface area (Å²) < 4.78 is 10.3. The topological polar surface area (TPSA) is 38.7 Å². The van der Waals surface area contributed by atoms with Crippen molar-refractivity contribution >= 4 is 12.6 Å². The van der Waals surface area contributed by atoms with Gasteiger partial charge in [-0.05, 0) is 12.8 Å². The van der Waals surface area contributed by atoms with Crippen LogP contribution >= 0.6 is 12.6 Å². The van der Waals surface area contributed by atoms with Crippen molar-refractivity contribution in [2.45, 2.75) is 36.4 Å². The van der Waals surface area contributed by atoms with E-state index in [9.17, 15) is 5.11 Å². The van der Waals surface area contributed by atoms with Gasteiger partial charge < -0.3 is 14.6 Å². The summed E-state index contributed by atoms with van der Waals surface area (Å²) in [6.07, 6.45) is 0.808. The third-order valence-electron chi connectivity index (χ3n) is 2.38. The van der Waals surface area contributed by atoms with E-state index < -0.39 is 6.10 Å². The van der Waals surface area contributed by atoms with Crippen LogP contribution in [0.15, 0.2) is 0 Å². The highest BCUT2D eigenvalue weighted by Crippen LogP contribution is 2.26. The van der Waals surface area contributed by atoms with Crippen molar-refractivity contribution < 1.29 is 14.6 Å². The molecule has 12 heavy (non-hydrogen) atoms. The summed E-state index contributed by atoms with van der Waals surface area (Å²) in [4.78, 5) is 0. The monoisotopic (exact) mass is 192 g/mol. The van der Waals surface area contributed by atoms with Crippen LogP contribution in [0.3, 0.4) is 0 Å². The first-order valence-electron chi connectivity index (χ1n) is 4.10. The largest absolute Gasteiger partial charge is 0.388 e. The summed E-state index contributed by atoms with van der Waals surface area (Å²) >= 11 is 4.36. The number of ether oxygens (including phenoxy) is 2. The molecule has 0 aliphatic heterocycles. The molecular formula is C8H16O3S. The summed E-state index contributed by atoms with van der Waals surface area (Å²) in [7, 11) is 3.21. The van der Waals surface area contributed by atoms with Gasteiger partial charge in [-0.1, -0.05) is 0 Å². The van der Waals surface area contributed by atoms with Gasteiger partial charge in [-0.15, -0.1) is 0 Å². The number of rotatable bonds is 2. The van der Waals surface area contributed by atoms with Gasteiger partial charge >= 0.3 is 0 Å². The summed E-state index contributed by atoms with van der Waals surface area (Å²) in [6.45, 7) is 0. The second kappa shape index (κ2) is 4.46. The molecule has 3 nitrogen and oxygen atoms in total. The van der Waals surface area contributed by atoms with Gasteiger partial charge in [0.1, 0.15) is 6.10 Å². The van der Waals surface area contributed by atoms with Gasteiger partial charge in [0.25, 0.3) is 0 Å². The maximum atomic E-state index is 9.66. The van der Waals surface area contributed by atoms with Gasteiger partial charge in [0.05, 0.1) is 12.2 Å². The Bertz CT molecular complexity index is 128. The Morgan fingerprint density at radius 1 is 1.17 bits per heavy atom. The van der Waals surface area contributed by atoms with Crippen molar-refractivity contribution in [3.63, 3.8) is 0 Å². The molecule has 0 aromatic carbocycles. The van der Waals surface area contributed by atoms with Gasteiger partial charge in [0.2, 0.25) is 0 Å². The Kier molecular flexibility index (Phi) is 3.83. The minimum absolute atomic E-state index is 0.133. The smallest absolute Gasteiger partial charge is 0.106 e. The van der Waals surface area contributed by atoms with E-state index in [0.717, 1.165) is 12.8 Å². The van der Waals surface area contributed by atoms with E-state index >= 15 is 0 Å². The lowest BCUT2D eigenvalue weighted by molar-refractivity contribution is -0.110. The number of aliphatic hydroxyl groups is 1. The second-order valence-electron chi connectivity index (χ2n) is 3.16. The zero-order valence-electron chi connectivity index (χ0n) is 7.43. The molecule has 0 amide bonds. The number of methoxy groups -OCH3 is 2. The first-order chi connectivity index (χ1) is 5.69. The second-order valence-corrected chi connectivity index (χ2v) is 3.89. The first-order valence-corrected chi connectivity index (χ1v) is 4.62. The quantitative estimate of drug-likeness (QED) is 0.625. The van der Waals surface area contributed by atoms with E-state index in [2.05, 4.69) is 12.6 Å². The van der Waals surface area contributed by atoms with Crippen LogP contribution in [0.4, 0.5) is 0 Å². The lowest BCUT2D eigenvalue weighted by atomic mass is 9.91. The predicted molar refractivity (Wildman–Crippen MR) is 49.6 cm³/mol. The lowest BCUT2D eigenvalue weighted by Gasteiger charge is -2.35. The zero-order chi connectivity index (χ0) is 9.14. The molecule has 4 heteroatoms. The Hall–Kier alpha value is 0.230. The first kappa shape index (κ1) is 10.3. The normalized spacial score (nSPS) is 43.0. The predicted octanol–water partition coefficient (Wildman–Crippen LogP) is 0.469.